The molecule has 28 heteroatoms. The highest BCUT2D eigenvalue weighted by Crippen LogP contribution is 2.42. The number of hydrogen-bond donors (Lipinski definition) is 6. The summed E-state index contributed by atoms with van der Waals surface area (Å²) in [6.45, 7) is 11.6. The Bertz CT molecular complexity index is 6760. The molecule has 7 amide bonds. The van der Waals surface area contributed by atoms with Crippen LogP contribution in [0.15, 0.2) is 249 Å². The maximum absolute atomic E-state index is 13.7. The van der Waals surface area contributed by atoms with Crippen molar-refractivity contribution in [2.75, 3.05) is 94.8 Å². The Morgan fingerprint density at radius 1 is 0.447 bits per heavy atom. The Morgan fingerprint density at radius 2 is 0.818 bits per heavy atom. The number of likely N-dealkylation sites (tertiary alicyclic amines) is 2. The van der Waals surface area contributed by atoms with E-state index in [-0.39, 0.29) is 53.2 Å². The minimum atomic E-state index is -0.428. The molecule has 13 aromatic rings. The molecule has 6 aliphatic rings. The zero-order valence-electron chi connectivity index (χ0n) is 73.2. The molecule has 2 saturated heterocycles. The second-order valence-electron chi connectivity index (χ2n) is 32.8. The van der Waals surface area contributed by atoms with Gasteiger partial charge in [-0.15, -0.1) is 0 Å². The van der Waals surface area contributed by atoms with Crippen molar-refractivity contribution in [1.29, 1.82) is 0 Å². The first-order chi connectivity index (χ1) is 63.9. The molecule has 0 spiro atoms. The first-order valence-corrected chi connectivity index (χ1v) is 43.4. The van der Waals surface area contributed by atoms with E-state index in [0.717, 1.165) is 76.3 Å². The molecule has 2 unspecified atom stereocenters. The van der Waals surface area contributed by atoms with Gasteiger partial charge in [-0.05, 0) is 229 Å². The molecule has 6 aliphatic heterocycles. The van der Waals surface area contributed by atoms with Gasteiger partial charge in [-0.3, -0.25) is 38.4 Å². The number of ketones is 1. The fraction of sp³-hybridized carbons (Fsp3) is 0.202. The number of imidazole rings is 1. The van der Waals surface area contributed by atoms with Gasteiger partial charge in [0.05, 0.1) is 57.5 Å². The third kappa shape index (κ3) is 20.5. The second-order valence-corrected chi connectivity index (χ2v) is 32.8. The minimum Gasteiger partial charge on any atom is -0.457 e. The van der Waals surface area contributed by atoms with Crippen LogP contribution in [0.4, 0.5) is 40.3 Å². The molecule has 2 fully saturated rings. The summed E-state index contributed by atoms with van der Waals surface area (Å²) in [6, 6.07) is 60.0. The number of nitrogens with one attached hydrogen (secondary N) is 6. The monoisotopic (exact) mass is 1780 g/mol. The van der Waals surface area contributed by atoms with Crippen molar-refractivity contribution in [3.8, 4) is 45.3 Å². The van der Waals surface area contributed by atoms with Crippen molar-refractivity contribution < 1.29 is 73.6 Å². The van der Waals surface area contributed by atoms with Gasteiger partial charge in [-0.2, -0.15) is 0 Å². The SMILES string of the molecule is CCN(CC)CCNC(=O)c1ccccc1-c1ccc(/C=C2/C(=O)Nc3ccc(F)cc32)o1.CN1CCC(N(C)C(=O)c2ccccc2-c2ccc(/C=C3/C(=O)Nc4ccc(F)cc43)o2)C1.CN1CCCC(CC(=O)c2ccccc2-c2ccc(/C=C3/C(=O)Nc4ccc(F)cc43)o2)C1.Cn1cncc1CNC(=O)c1ccccc1-c1ccc(/C=C2/C(=O)Nc3ccc(F)cc32)o1. The summed E-state index contributed by atoms with van der Waals surface area (Å²) in [5, 5.41) is 16.8. The van der Waals surface area contributed by atoms with Crippen LogP contribution in [-0.2, 0) is 32.8 Å². The van der Waals surface area contributed by atoms with Crippen LogP contribution in [0, 0.1) is 29.2 Å². The third-order valence-corrected chi connectivity index (χ3v) is 23.9. The zero-order chi connectivity index (χ0) is 92.4. The highest BCUT2D eigenvalue weighted by atomic mass is 19.1. The van der Waals surface area contributed by atoms with Gasteiger partial charge in [-0.1, -0.05) is 92.7 Å². The van der Waals surface area contributed by atoms with E-state index in [1.54, 1.807) is 122 Å². The fourth-order valence-corrected chi connectivity index (χ4v) is 16.9. The van der Waals surface area contributed by atoms with E-state index in [2.05, 4.69) is 79.5 Å². The number of carbonyl (C=O) groups excluding carboxylic acids is 8. The summed E-state index contributed by atoms with van der Waals surface area (Å²) in [7, 11) is 7.86. The molecule has 6 N–H and O–H groups in total. The lowest BCUT2D eigenvalue weighted by molar-refractivity contribution is -0.111. The van der Waals surface area contributed by atoms with Crippen molar-refractivity contribution in [2.45, 2.75) is 52.1 Å². The molecule has 24 nitrogen and oxygen atoms in total. The Balaban J connectivity index is 0.000000128. The van der Waals surface area contributed by atoms with Crippen molar-refractivity contribution in [1.82, 2.24) is 39.8 Å². The Kier molecular flexibility index (Phi) is 27.3. The summed E-state index contributed by atoms with van der Waals surface area (Å²) in [6.07, 6.45) is 13.4. The largest absolute Gasteiger partial charge is 0.457 e. The van der Waals surface area contributed by atoms with Crippen molar-refractivity contribution >= 4 is 116 Å². The van der Waals surface area contributed by atoms with Crippen LogP contribution in [0.5, 0.6) is 0 Å². The quantitative estimate of drug-likeness (QED) is 0.0209. The van der Waals surface area contributed by atoms with E-state index in [1.807, 2.05) is 90.3 Å². The molecule has 0 bridgehead atoms. The molecular weight excluding hydrogens is 1690 g/mol. The number of benzene rings is 8. The maximum atomic E-state index is 13.7. The lowest BCUT2D eigenvalue weighted by Gasteiger charge is -2.29. The number of nitrogens with zero attached hydrogens (tertiary/aromatic N) is 6. The van der Waals surface area contributed by atoms with Crippen LogP contribution in [0.3, 0.4) is 0 Å². The molecule has 0 radical (unpaired) electrons. The predicted octanol–water partition coefficient (Wildman–Crippen LogP) is 18.7. The van der Waals surface area contributed by atoms with Crippen LogP contribution in [-0.4, -0.2) is 156 Å². The van der Waals surface area contributed by atoms with E-state index < -0.39 is 23.3 Å². The van der Waals surface area contributed by atoms with Gasteiger partial charge in [0.15, 0.2) is 5.78 Å². The molecule has 8 aromatic carbocycles. The number of hydrogen-bond acceptors (Lipinski definition) is 16. The van der Waals surface area contributed by atoms with Crippen LogP contribution in [0.1, 0.15) is 132 Å². The molecular formula is C104H94F4N12O12. The van der Waals surface area contributed by atoms with Crippen LogP contribution >= 0.6 is 0 Å². The van der Waals surface area contributed by atoms with Gasteiger partial charge in [0, 0.05) is 132 Å². The minimum absolute atomic E-state index is 0.0539. The van der Waals surface area contributed by atoms with E-state index in [0.29, 0.717) is 178 Å². The number of aryl methyl sites for hydroxylation is 1. The average molecular weight is 1780 g/mol. The topological polar surface area (TPSA) is 292 Å². The van der Waals surface area contributed by atoms with E-state index in [1.165, 1.54) is 66.7 Å². The lowest BCUT2D eigenvalue weighted by atomic mass is 9.89. The van der Waals surface area contributed by atoms with Gasteiger partial charge in [0.25, 0.3) is 41.4 Å². The van der Waals surface area contributed by atoms with Gasteiger partial charge in [0.2, 0.25) is 0 Å². The number of Topliss-reactive ketones (excluding diaryl/α,β-unsaturated/α-hetero) is 1. The van der Waals surface area contributed by atoms with Crippen molar-refractivity contribution in [3.05, 3.63) is 327 Å². The molecule has 2 atom stereocenters. The molecule has 0 aliphatic carbocycles. The Labute approximate surface area is 758 Å². The molecule has 670 valence electrons. The molecule has 5 aromatic heterocycles. The highest BCUT2D eigenvalue weighted by molar-refractivity contribution is 6.37. The number of carbonyl (C=O) groups is 8. The fourth-order valence-electron chi connectivity index (χ4n) is 16.9. The molecule has 0 saturated carbocycles. The van der Waals surface area contributed by atoms with Crippen molar-refractivity contribution in [3.63, 3.8) is 0 Å². The summed E-state index contributed by atoms with van der Waals surface area (Å²) < 4.78 is 80.6. The number of amides is 7. The lowest BCUT2D eigenvalue weighted by Crippen LogP contribution is -2.38. The predicted molar refractivity (Wildman–Crippen MR) is 500 cm³/mol. The first kappa shape index (κ1) is 90.0. The van der Waals surface area contributed by atoms with Crippen LogP contribution in [0.25, 0.3) is 91.9 Å². The van der Waals surface area contributed by atoms with Crippen LogP contribution in [0.2, 0.25) is 0 Å². The third-order valence-electron chi connectivity index (χ3n) is 23.9. The number of anilines is 4. The van der Waals surface area contributed by atoms with Gasteiger partial charge < -0.3 is 73.7 Å². The zero-order valence-corrected chi connectivity index (χ0v) is 73.2. The first-order valence-electron chi connectivity index (χ1n) is 43.4. The van der Waals surface area contributed by atoms with Gasteiger partial charge >= 0.3 is 0 Å². The summed E-state index contributed by atoms with van der Waals surface area (Å²) in [5.41, 5.74) is 11.3. The highest BCUT2D eigenvalue weighted by Gasteiger charge is 2.33. The van der Waals surface area contributed by atoms with Crippen molar-refractivity contribution in [2.24, 2.45) is 13.0 Å². The Morgan fingerprint density at radius 3 is 1.20 bits per heavy atom. The van der Waals surface area contributed by atoms with E-state index in [9.17, 15) is 55.9 Å². The second kappa shape index (κ2) is 40.1. The van der Waals surface area contributed by atoms with E-state index in [4.69, 9.17) is 17.7 Å². The smallest absolute Gasteiger partial charge is 0.256 e. The average Bonchev–Trinajstić information content (AvgIpc) is 1.68. The molecule has 19 rings (SSSR count). The number of likely N-dealkylation sites (N-methyl/N-ethyl adjacent to an activating group) is 3. The van der Waals surface area contributed by atoms with Gasteiger partial charge in [-0.25, -0.2) is 22.5 Å². The Hall–Kier alpha value is -15.4. The molecule has 11 heterocycles. The maximum Gasteiger partial charge on any atom is 0.256 e. The number of fused-ring (bicyclic) bond motifs is 4. The van der Waals surface area contributed by atoms with E-state index >= 15 is 0 Å². The molecule has 132 heavy (non-hydrogen) atoms. The summed E-state index contributed by atoms with van der Waals surface area (Å²) in [5.74, 6) is 0.894. The standard InChI is InChI=1S/C27H25FN2O3.C26H24FN3O3.C26H26FN3O3.C25H19FN4O3/c1-30-12-4-5-17(16-30)13-25(31)20-6-2-3-7-21(20)26-11-9-19(33-26)15-23-22-14-18(28)8-10-24(22)29-27(23)32;1-29-12-11-17(15-29)30(2)26(32)20-6-4-3-5-19(20)24-10-8-18(33-24)14-22-21-13-16(27)7-9-23(21)28-25(22)31;1-3-30(4-2)14-13-28-25(31)20-8-6-5-7-19(20)24-12-10-18(33-24)16-22-21-15-17(27)9-11-23(21)29-26(22)32;1-30-14-27-12-16(30)13-28-24(31)19-5-3-2-4-18(19)23-9-7-17(33-23)11-21-20-10-15(26)6-8-22(20)29-25(21)32/h2-3,6-11,14-15,17H,4-5,12-13,16H2,1H3,(H,29,32);3-10,13-14,17H,11-12,15H2,1-2H3,(H,28,31);5-12,15-16H,3-4,13-14H2,1-2H3,(H,28,31)(H,29,32);2-12,14H,13H2,1H3,(H,28,31)(H,29,32)/b23-15+;22-14+;22-16+;21-11+. The number of halogens is 4. The number of furan rings is 4. The number of piperidine rings is 1. The number of aromatic nitrogens is 2. The van der Waals surface area contributed by atoms with Gasteiger partial charge in [0.1, 0.15) is 69.4 Å². The number of rotatable bonds is 22. The van der Waals surface area contributed by atoms with Crippen LogP contribution < -0.4 is 31.9 Å². The summed E-state index contributed by atoms with van der Waals surface area (Å²) >= 11 is 0. The summed E-state index contributed by atoms with van der Waals surface area (Å²) in [4.78, 5) is 114. The normalized spacial score (nSPS) is 16.6.